The molecule has 1 heterocycles. The van der Waals surface area contributed by atoms with Gasteiger partial charge >= 0.3 is 5.97 Å². The summed E-state index contributed by atoms with van der Waals surface area (Å²) in [5.41, 5.74) is 11.5. The molecule has 0 radical (unpaired) electrons. The fourth-order valence-electron chi connectivity index (χ4n) is 2.54. The van der Waals surface area contributed by atoms with Crippen LogP contribution in [0.15, 0.2) is 12.5 Å². The highest BCUT2D eigenvalue weighted by atomic mass is 16.4. The van der Waals surface area contributed by atoms with Gasteiger partial charge in [-0.15, -0.1) is 0 Å². The zero-order valence-corrected chi connectivity index (χ0v) is 16.0. The van der Waals surface area contributed by atoms with Crippen LogP contribution in [0.1, 0.15) is 38.8 Å². The average Bonchev–Trinajstić information content (AvgIpc) is 3.09. The fraction of sp³-hybridized carbons (Fsp3) is 0.588. The van der Waals surface area contributed by atoms with Crippen LogP contribution in [0, 0.1) is 5.92 Å². The van der Waals surface area contributed by atoms with Gasteiger partial charge in [-0.3, -0.25) is 14.4 Å². The molecule has 3 atom stereocenters. The molecule has 0 aliphatic rings. The number of nitrogens with two attached hydrogens (primary N) is 2. The quantitative estimate of drug-likeness (QED) is 0.251. The summed E-state index contributed by atoms with van der Waals surface area (Å²) >= 11 is 0. The third-order valence-electron chi connectivity index (χ3n) is 3.97. The van der Waals surface area contributed by atoms with Crippen LogP contribution in [0.4, 0.5) is 0 Å². The van der Waals surface area contributed by atoms with Gasteiger partial charge in [-0.2, -0.15) is 0 Å². The molecule has 0 aliphatic carbocycles. The second-order valence-electron chi connectivity index (χ2n) is 6.98. The highest BCUT2D eigenvalue weighted by Gasteiger charge is 2.28. The van der Waals surface area contributed by atoms with E-state index in [-0.39, 0.29) is 25.2 Å². The first kappa shape index (κ1) is 23.1. The number of carboxylic acid groups (broad SMARTS) is 1. The summed E-state index contributed by atoms with van der Waals surface area (Å²) in [5.74, 6) is -3.02. The molecule has 0 spiro atoms. The predicted molar refractivity (Wildman–Crippen MR) is 99.6 cm³/mol. The lowest BCUT2D eigenvalue weighted by Gasteiger charge is -2.23. The van der Waals surface area contributed by atoms with Crippen LogP contribution < -0.4 is 22.1 Å². The van der Waals surface area contributed by atoms with E-state index >= 15 is 0 Å². The molecule has 1 rings (SSSR count). The Kier molecular flexibility index (Phi) is 9.09. The van der Waals surface area contributed by atoms with Gasteiger partial charge in [0.25, 0.3) is 0 Å². The second-order valence-corrected chi connectivity index (χ2v) is 6.98. The maximum Gasteiger partial charge on any atom is 0.326 e. The largest absolute Gasteiger partial charge is 0.480 e. The molecule has 0 saturated heterocycles. The van der Waals surface area contributed by atoms with Crippen LogP contribution in [0.2, 0.25) is 0 Å². The Labute approximate surface area is 162 Å². The van der Waals surface area contributed by atoms with E-state index < -0.39 is 41.8 Å². The zero-order chi connectivity index (χ0) is 21.3. The molecule has 3 amide bonds. The molecule has 0 fully saturated rings. The van der Waals surface area contributed by atoms with Crippen molar-refractivity contribution in [1.29, 1.82) is 0 Å². The summed E-state index contributed by atoms with van der Waals surface area (Å²) in [7, 11) is 0. The van der Waals surface area contributed by atoms with Crippen molar-refractivity contribution in [3.05, 3.63) is 18.2 Å². The van der Waals surface area contributed by atoms with E-state index in [1.165, 1.54) is 12.5 Å². The molecule has 0 aromatic carbocycles. The summed E-state index contributed by atoms with van der Waals surface area (Å²) in [6, 6.07) is -3.21. The number of rotatable bonds is 12. The minimum atomic E-state index is -1.25. The van der Waals surface area contributed by atoms with Gasteiger partial charge in [0, 0.05) is 24.7 Å². The third kappa shape index (κ3) is 8.16. The van der Waals surface area contributed by atoms with Crippen molar-refractivity contribution in [1.82, 2.24) is 20.6 Å². The Hall–Kier alpha value is -2.95. The van der Waals surface area contributed by atoms with Gasteiger partial charge in [0.1, 0.15) is 12.1 Å². The van der Waals surface area contributed by atoms with Crippen LogP contribution in [-0.2, 0) is 25.6 Å². The van der Waals surface area contributed by atoms with Gasteiger partial charge in [0.2, 0.25) is 17.7 Å². The standard InChI is InChI=1S/C17H28N6O5/c1-9(2)5-11(18)15(25)22-12(3-4-14(19)24)16(26)23-13(17(27)28)6-10-7-20-8-21-10/h7-9,11-13H,3-6,18H2,1-2H3,(H2,19,24)(H,20,21)(H,22,25)(H,23,26)(H,27,28). The van der Waals surface area contributed by atoms with Crippen molar-refractivity contribution in [3.8, 4) is 0 Å². The Balaban J connectivity index is 2.82. The number of nitrogens with one attached hydrogen (secondary N) is 3. The highest BCUT2D eigenvalue weighted by Crippen LogP contribution is 2.06. The monoisotopic (exact) mass is 396 g/mol. The molecule has 8 N–H and O–H groups in total. The van der Waals surface area contributed by atoms with Crippen LogP contribution in [-0.4, -0.2) is 56.9 Å². The van der Waals surface area contributed by atoms with Gasteiger partial charge < -0.3 is 32.2 Å². The Morgan fingerprint density at radius 3 is 2.32 bits per heavy atom. The number of carbonyl (C=O) groups is 4. The van der Waals surface area contributed by atoms with Crippen molar-refractivity contribution >= 4 is 23.7 Å². The minimum Gasteiger partial charge on any atom is -0.480 e. The first-order valence-corrected chi connectivity index (χ1v) is 8.94. The summed E-state index contributed by atoms with van der Waals surface area (Å²) in [4.78, 5) is 53.9. The Morgan fingerprint density at radius 1 is 1.18 bits per heavy atom. The number of aromatic nitrogens is 2. The van der Waals surface area contributed by atoms with Gasteiger partial charge in [0.05, 0.1) is 12.4 Å². The molecule has 0 bridgehead atoms. The number of H-pyrrole nitrogens is 1. The van der Waals surface area contributed by atoms with Crippen LogP contribution >= 0.6 is 0 Å². The summed E-state index contributed by atoms with van der Waals surface area (Å²) in [6.45, 7) is 3.80. The van der Waals surface area contributed by atoms with E-state index in [0.29, 0.717) is 12.1 Å². The molecule has 0 saturated carbocycles. The van der Waals surface area contributed by atoms with Crippen molar-refractivity contribution in [2.45, 2.75) is 57.7 Å². The predicted octanol–water partition coefficient (Wildman–Crippen LogP) is -1.35. The number of hydrogen-bond acceptors (Lipinski definition) is 6. The average molecular weight is 396 g/mol. The first-order valence-electron chi connectivity index (χ1n) is 8.94. The van der Waals surface area contributed by atoms with Gasteiger partial charge in [0.15, 0.2) is 0 Å². The lowest BCUT2D eigenvalue weighted by atomic mass is 10.0. The number of hydrogen-bond donors (Lipinski definition) is 6. The van der Waals surface area contributed by atoms with Gasteiger partial charge in [-0.1, -0.05) is 13.8 Å². The van der Waals surface area contributed by atoms with Crippen LogP contribution in [0.25, 0.3) is 0 Å². The molecule has 1 aromatic rings. The number of primary amides is 1. The zero-order valence-electron chi connectivity index (χ0n) is 16.0. The Bertz CT molecular complexity index is 676. The molecule has 3 unspecified atom stereocenters. The maximum atomic E-state index is 12.6. The number of aromatic amines is 1. The van der Waals surface area contributed by atoms with E-state index in [9.17, 15) is 24.3 Å². The Morgan fingerprint density at radius 2 is 1.82 bits per heavy atom. The molecule has 28 heavy (non-hydrogen) atoms. The number of nitrogens with zero attached hydrogens (tertiary/aromatic N) is 1. The van der Waals surface area contributed by atoms with E-state index in [2.05, 4.69) is 20.6 Å². The normalized spacial score (nSPS) is 14.1. The van der Waals surface area contributed by atoms with E-state index in [1.807, 2.05) is 13.8 Å². The topological polar surface area (TPSA) is 193 Å². The molecular weight excluding hydrogens is 368 g/mol. The van der Waals surface area contributed by atoms with E-state index in [4.69, 9.17) is 11.5 Å². The fourth-order valence-corrected chi connectivity index (χ4v) is 2.54. The number of aliphatic carboxylic acids is 1. The molecule has 0 aliphatic heterocycles. The van der Waals surface area contributed by atoms with Crippen LogP contribution in [0.3, 0.4) is 0 Å². The number of carboxylic acids is 1. The highest BCUT2D eigenvalue weighted by molar-refractivity contribution is 5.92. The maximum absolute atomic E-state index is 12.6. The van der Waals surface area contributed by atoms with Crippen molar-refractivity contribution in [2.24, 2.45) is 17.4 Å². The van der Waals surface area contributed by atoms with Crippen molar-refractivity contribution < 1.29 is 24.3 Å². The lowest BCUT2D eigenvalue weighted by molar-refractivity contribution is -0.142. The van der Waals surface area contributed by atoms with Gasteiger partial charge in [-0.25, -0.2) is 9.78 Å². The van der Waals surface area contributed by atoms with Crippen LogP contribution in [0.5, 0.6) is 0 Å². The third-order valence-corrected chi connectivity index (χ3v) is 3.97. The van der Waals surface area contributed by atoms with Crippen molar-refractivity contribution in [2.75, 3.05) is 0 Å². The molecule has 11 heteroatoms. The molecule has 1 aromatic heterocycles. The molecule has 156 valence electrons. The van der Waals surface area contributed by atoms with Gasteiger partial charge in [-0.05, 0) is 18.8 Å². The SMILES string of the molecule is CC(C)CC(N)C(=O)NC(CCC(N)=O)C(=O)NC(Cc1cnc[nH]1)C(=O)O. The van der Waals surface area contributed by atoms with E-state index in [0.717, 1.165) is 0 Å². The smallest absolute Gasteiger partial charge is 0.326 e. The summed E-state index contributed by atoms with van der Waals surface area (Å²) < 4.78 is 0. The second kappa shape index (κ2) is 11.0. The lowest BCUT2D eigenvalue weighted by Crippen LogP contribution is -2.55. The molecule has 11 nitrogen and oxygen atoms in total. The van der Waals surface area contributed by atoms with Crippen molar-refractivity contribution in [3.63, 3.8) is 0 Å². The number of amides is 3. The number of carbonyl (C=O) groups excluding carboxylic acids is 3. The summed E-state index contributed by atoms with van der Waals surface area (Å²) in [6.07, 6.45) is 2.99. The van der Waals surface area contributed by atoms with E-state index in [1.54, 1.807) is 0 Å². The summed E-state index contributed by atoms with van der Waals surface area (Å²) in [5, 5.41) is 14.2. The minimum absolute atomic E-state index is 0.0234. The molecular formula is C17H28N6O5. The number of imidazole rings is 1. The first-order chi connectivity index (χ1) is 13.1.